The van der Waals surface area contributed by atoms with Gasteiger partial charge in [-0.05, 0) is 37.5 Å². The first-order valence-corrected chi connectivity index (χ1v) is 11.7. The minimum atomic E-state index is -3.19. The van der Waals surface area contributed by atoms with Gasteiger partial charge in [-0.1, -0.05) is 29.4 Å². The van der Waals surface area contributed by atoms with Crippen molar-refractivity contribution in [1.82, 2.24) is 9.21 Å². The molecule has 2 aliphatic heterocycles. The van der Waals surface area contributed by atoms with E-state index in [2.05, 4.69) is 4.99 Å². The second-order valence-electron chi connectivity index (χ2n) is 6.55. The van der Waals surface area contributed by atoms with Gasteiger partial charge in [-0.2, -0.15) is 0 Å². The lowest BCUT2D eigenvalue weighted by Gasteiger charge is -2.31. The number of thioether (sulfide) groups is 1. The third-order valence-electron chi connectivity index (χ3n) is 4.77. The van der Waals surface area contributed by atoms with Crippen LogP contribution in [-0.4, -0.2) is 60.3 Å². The van der Waals surface area contributed by atoms with Crippen LogP contribution in [0.2, 0.25) is 5.02 Å². The van der Waals surface area contributed by atoms with E-state index in [-0.39, 0.29) is 11.8 Å². The molecule has 0 atom stereocenters. The van der Waals surface area contributed by atoms with Crippen molar-refractivity contribution in [1.29, 1.82) is 0 Å². The van der Waals surface area contributed by atoms with Crippen LogP contribution in [0.25, 0.3) is 0 Å². The van der Waals surface area contributed by atoms with Crippen LogP contribution in [0.1, 0.15) is 18.4 Å². The van der Waals surface area contributed by atoms with Crippen molar-refractivity contribution in [3.63, 3.8) is 0 Å². The highest BCUT2D eigenvalue weighted by Crippen LogP contribution is 2.31. The topological polar surface area (TPSA) is 70.1 Å². The van der Waals surface area contributed by atoms with Crippen molar-refractivity contribution >= 4 is 50.1 Å². The van der Waals surface area contributed by atoms with Crippen molar-refractivity contribution in [2.24, 2.45) is 10.9 Å². The predicted octanol–water partition coefficient (Wildman–Crippen LogP) is 2.88. The third kappa shape index (κ3) is 4.24. The number of carbonyl (C=O) groups excluding carboxylic acids is 1. The number of nitrogens with zero attached hydrogens (tertiary/aromatic N) is 3. The van der Waals surface area contributed by atoms with Gasteiger partial charge in [-0.15, -0.1) is 0 Å². The molecule has 142 valence electrons. The SMILES string of the molecule is Cc1c(Cl)cccc1N=C1SCCN1C(=O)C1CCN(S(C)(=O)=O)CC1. The van der Waals surface area contributed by atoms with E-state index in [1.54, 1.807) is 16.7 Å². The summed E-state index contributed by atoms with van der Waals surface area (Å²) in [7, 11) is -3.19. The number of aliphatic imine (C=N–C) groups is 1. The average molecular weight is 416 g/mol. The molecule has 0 saturated carbocycles. The highest BCUT2D eigenvalue weighted by molar-refractivity contribution is 8.14. The number of sulfonamides is 1. The van der Waals surface area contributed by atoms with Gasteiger partial charge in [0.15, 0.2) is 5.17 Å². The predicted molar refractivity (Wildman–Crippen MR) is 107 cm³/mol. The van der Waals surface area contributed by atoms with E-state index in [1.165, 1.54) is 10.6 Å². The van der Waals surface area contributed by atoms with Gasteiger partial charge in [0, 0.05) is 36.3 Å². The molecule has 0 radical (unpaired) electrons. The van der Waals surface area contributed by atoms with Crippen LogP contribution in [0.4, 0.5) is 5.69 Å². The number of amidine groups is 1. The zero-order valence-corrected chi connectivity index (χ0v) is 17.2. The second-order valence-corrected chi connectivity index (χ2v) is 10.0. The lowest BCUT2D eigenvalue weighted by atomic mass is 9.97. The Bertz CT molecular complexity index is 834. The molecule has 0 bridgehead atoms. The number of amides is 1. The molecule has 2 aliphatic rings. The number of piperidine rings is 1. The number of carbonyl (C=O) groups is 1. The van der Waals surface area contributed by atoms with Gasteiger partial charge < -0.3 is 0 Å². The van der Waals surface area contributed by atoms with Crippen LogP contribution in [-0.2, 0) is 14.8 Å². The van der Waals surface area contributed by atoms with Gasteiger partial charge in [0.25, 0.3) is 0 Å². The summed E-state index contributed by atoms with van der Waals surface area (Å²) < 4.78 is 24.7. The van der Waals surface area contributed by atoms with E-state index >= 15 is 0 Å². The lowest BCUT2D eigenvalue weighted by Crippen LogP contribution is -2.44. The largest absolute Gasteiger partial charge is 0.290 e. The number of rotatable bonds is 3. The highest BCUT2D eigenvalue weighted by atomic mass is 35.5. The molecule has 26 heavy (non-hydrogen) atoms. The number of halogens is 1. The summed E-state index contributed by atoms with van der Waals surface area (Å²) in [6, 6.07) is 5.56. The fourth-order valence-corrected chi connectivity index (χ4v) is 5.17. The summed E-state index contributed by atoms with van der Waals surface area (Å²) in [4.78, 5) is 19.4. The molecule has 0 spiro atoms. The first kappa shape index (κ1) is 19.7. The van der Waals surface area contributed by atoms with Crippen LogP contribution in [0.5, 0.6) is 0 Å². The fourth-order valence-electron chi connectivity index (χ4n) is 3.17. The standard InChI is InChI=1S/C17H22ClN3O3S2/c1-12-14(18)4-3-5-15(12)19-17-21(10-11-25-17)16(22)13-6-8-20(9-7-13)26(2,23)24/h3-5,13H,6-11H2,1-2H3. The first-order chi connectivity index (χ1) is 12.3. The molecular formula is C17H22ClN3O3S2. The zero-order chi connectivity index (χ0) is 18.9. The smallest absolute Gasteiger partial charge is 0.231 e. The van der Waals surface area contributed by atoms with Crippen molar-refractivity contribution in [3.8, 4) is 0 Å². The summed E-state index contributed by atoms with van der Waals surface area (Å²) in [6.45, 7) is 3.34. The molecule has 1 amide bonds. The van der Waals surface area contributed by atoms with Crippen molar-refractivity contribution in [3.05, 3.63) is 28.8 Å². The molecule has 0 N–H and O–H groups in total. The van der Waals surface area contributed by atoms with Crippen LogP contribution < -0.4 is 0 Å². The maximum atomic E-state index is 12.9. The molecule has 2 heterocycles. The van der Waals surface area contributed by atoms with Crippen molar-refractivity contribution in [2.75, 3.05) is 31.6 Å². The van der Waals surface area contributed by atoms with Crippen molar-refractivity contribution < 1.29 is 13.2 Å². The number of hydrogen-bond donors (Lipinski definition) is 0. The molecule has 0 aromatic heterocycles. The zero-order valence-electron chi connectivity index (χ0n) is 14.8. The Balaban J connectivity index is 1.73. The number of benzene rings is 1. The Morgan fingerprint density at radius 2 is 1.96 bits per heavy atom. The Morgan fingerprint density at radius 1 is 1.27 bits per heavy atom. The Hall–Kier alpha value is -1.09. The molecule has 6 nitrogen and oxygen atoms in total. The summed E-state index contributed by atoms with van der Waals surface area (Å²) in [5.41, 5.74) is 1.66. The minimum Gasteiger partial charge on any atom is -0.290 e. The molecule has 2 fully saturated rings. The van der Waals surface area contributed by atoms with Crippen LogP contribution in [0.3, 0.4) is 0 Å². The van der Waals surface area contributed by atoms with Gasteiger partial charge in [0.05, 0.1) is 11.9 Å². The summed E-state index contributed by atoms with van der Waals surface area (Å²) in [6.07, 6.45) is 2.32. The maximum Gasteiger partial charge on any atom is 0.231 e. The van der Waals surface area contributed by atoms with E-state index in [0.717, 1.165) is 17.0 Å². The van der Waals surface area contributed by atoms with Gasteiger partial charge in [-0.25, -0.2) is 17.7 Å². The van der Waals surface area contributed by atoms with E-state index in [1.807, 2.05) is 25.1 Å². The molecule has 0 unspecified atom stereocenters. The summed E-state index contributed by atoms with van der Waals surface area (Å²) in [5, 5.41) is 1.35. The highest BCUT2D eigenvalue weighted by Gasteiger charge is 2.35. The quantitative estimate of drug-likeness (QED) is 0.761. The summed E-state index contributed by atoms with van der Waals surface area (Å²) >= 11 is 7.72. The molecule has 3 rings (SSSR count). The normalized spacial score (nSPS) is 21.5. The summed E-state index contributed by atoms with van der Waals surface area (Å²) in [5.74, 6) is 0.700. The number of hydrogen-bond acceptors (Lipinski definition) is 5. The fraction of sp³-hybridized carbons (Fsp3) is 0.529. The second kappa shape index (κ2) is 7.88. The van der Waals surface area contributed by atoms with Gasteiger partial charge in [-0.3, -0.25) is 9.69 Å². The maximum absolute atomic E-state index is 12.9. The van der Waals surface area contributed by atoms with Crippen LogP contribution in [0.15, 0.2) is 23.2 Å². The van der Waals surface area contributed by atoms with Crippen LogP contribution in [0, 0.1) is 12.8 Å². The molecule has 2 saturated heterocycles. The Morgan fingerprint density at radius 3 is 2.62 bits per heavy atom. The molecule has 0 aliphatic carbocycles. The van der Waals surface area contributed by atoms with Crippen LogP contribution >= 0.6 is 23.4 Å². The lowest BCUT2D eigenvalue weighted by molar-refractivity contribution is -0.132. The van der Waals surface area contributed by atoms with E-state index in [9.17, 15) is 13.2 Å². The molecule has 1 aromatic carbocycles. The van der Waals surface area contributed by atoms with E-state index in [0.29, 0.717) is 42.7 Å². The minimum absolute atomic E-state index is 0.0431. The van der Waals surface area contributed by atoms with Gasteiger partial charge >= 0.3 is 0 Å². The van der Waals surface area contributed by atoms with E-state index < -0.39 is 10.0 Å². The molecular weight excluding hydrogens is 394 g/mol. The van der Waals surface area contributed by atoms with E-state index in [4.69, 9.17) is 11.6 Å². The van der Waals surface area contributed by atoms with Gasteiger partial charge in [0.2, 0.25) is 15.9 Å². The monoisotopic (exact) mass is 415 g/mol. The van der Waals surface area contributed by atoms with Crippen molar-refractivity contribution in [2.45, 2.75) is 19.8 Å². The first-order valence-electron chi connectivity index (χ1n) is 8.50. The average Bonchev–Trinajstić information content (AvgIpc) is 3.06. The molecule has 9 heteroatoms. The third-order valence-corrected chi connectivity index (χ3v) is 7.44. The molecule has 1 aromatic rings. The Kier molecular flexibility index (Phi) is 5.96. The Labute approximate surface area is 163 Å². The van der Waals surface area contributed by atoms with Gasteiger partial charge in [0.1, 0.15) is 0 Å².